The van der Waals surface area contributed by atoms with E-state index in [0.717, 1.165) is 16.8 Å². The predicted octanol–water partition coefficient (Wildman–Crippen LogP) is 4.83. The van der Waals surface area contributed by atoms with Crippen molar-refractivity contribution in [2.24, 2.45) is 0 Å². The lowest BCUT2D eigenvalue weighted by molar-refractivity contribution is 0.102. The van der Waals surface area contributed by atoms with Crippen molar-refractivity contribution in [1.82, 2.24) is 4.98 Å². The van der Waals surface area contributed by atoms with Crippen molar-refractivity contribution in [2.45, 2.75) is 13.8 Å². The molecule has 1 amide bonds. The zero-order chi connectivity index (χ0) is 17.8. The Morgan fingerprint density at radius 3 is 2.60 bits per heavy atom. The molecule has 5 heteroatoms. The first-order valence-electron chi connectivity index (χ1n) is 7.88. The molecule has 0 radical (unpaired) electrons. The highest BCUT2D eigenvalue weighted by molar-refractivity contribution is 6.05. The van der Waals surface area contributed by atoms with Gasteiger partial charge >= 0.3 is 0 Å². The van der Waals surface area contributed by atoms with Gasteiger partial charge in [-0.1, -0.05) is 18.2 Å². The van der Waals surface area contributed by atoms with Gasteiger partial charge < -0.3 is 10.6 Å². The molecule has 126 valence electrons. The average molecular weight is 335 g/mol. The number of hydrogen-bond acceptors (Lipinski definition) is 3. The molecule has 0 fully saturated rings. The molecule has 0 aliphatic heterocycles. The van der Waals surface area contributed by atoms with Crippen molar-refractivity contribution in [2.75, 3.05) is 10.6 Å². The summed E-state index contributed by atoms with van der Waals surface area (Å²) in [6.07, 6.45) is 3.08. The number of anilines is 3. The van der Waals surface area contributed by atoms with E-state index in [1.54, 1.807) is 24.4 Å². The Morgan fingerprint density at radius 1 is 1.00 bits per heavy atom. The van der Waals surface area contributed by atoms with Crippen LogP contribution in [0.25, 0.3) is 0 Å². The molecule has 1 aromatic heterocycles. The van der Waals surface area contributed by atoms with E-state index in [0.29, 0.717) is 16.9 Å². The summed E-state index contributed by atoms with van der Waals surface area (Å²) < 4.78 is 13.3. The number of carbonyl (C=O) groups excluding carboxylic acids is 1. The molecule has 0 aliphatic carbocycles. The molecular weight excluding hydrogens is 317 g/mol. The van der Waals surface area contributed by atoms with Gasteiger partial charge in [0.1, 0.15) is 5.82 Å². The summed E-state index contributed by atoms with van der Waals surface area (Å²) in [7, 11) is 0. The summed E-state index contributed by atoms with van der Waals surface area (Å²) in [6.45, 7) is 3.96. The lowest BCUT2D eigenvalue weighted by atomic mass is 10.1. The maximum absolute atomic E-state index is 13.3. The van der Waals surface area contributed by atoms with E-state index in [9.17, 15) is 9.18 Å². The standard InChI is InChI=1S/C20H18FN3O/c1-13-5-3-8-19(14(13)2)24-20(25)15-9-18(12-22-11-15)23-17-7-4-6-16(21)10-17/h3-12,23H,1-2H3,(H,24,25). The van der Waals surface area contributed by atoms with Gasteiger partial charge in [0, 0.05) is 17.6 Å². The van der Waals surface area contributed by atoms with E-state index in [1.807, 2.05) is 32.0 Å². The number of benzene rings is 2. The molecule has 3 aromatic rings. The van der Waals surface area contributed by atoms with Crippen LogP contribution in [0.1, 0.15) is 21.5 Å². The maximum Gasteiger partial charge on any atom is 0.257 e. The largest absolute Gasteiger partial charge is 0.354 e. The molecule has 2 N–H and O–H groups in total. The number of aromatic nitrogens is 1. The fourth-order valence-corrected chi connectivity index (χ4v) is 2.45. The number of pyridine rings is 1. The third-order valence-electron chi connectivity index (χ3n) is 3.97. The minimum atomic E-state index is -0.332. The van der Waals surface area contributed by atoms with Gasteiger partial charge in [0.2, 0.25) is 0 Å². The number of rotatable bonds is 4. The molecule has 25 heavy (non-hydrogen) atoms. The zero-order valence-corrected chi connectivity index (χ0v) is 14.0. The molecule has 3 rings (SSSR count). The molecule has 0 spiro atoms. The monoisotopic (exact) mass is 335 g/mol. The molecule has 0 bridgehead atoms. The van der Waals surface area contributed by atoms with Gasteiger partial charge in [-0.15, -0.1) is 0 Å². The van der Waals surface area contributed by atoms with Crippen molar-refractivity contribution in [3.05, 3.63) is 83.4 Å². The highest BCUT2D eigenvalue weighted by Crippen LogP contribution is 2.21. The predicted molar refractivity (Wildman–Crippen MR) is 97.8 cm³/mol. The first-order valence-corrected chi connectivity index (χ1v) is 7.88. The number of aryl methyl sites for hydroxylation is 1. The third kappa shape index (κ3) is 4.01. The van der Waals surface area contributed by atoms with Gasteiger partial charge in [0.25, 0.3) is 5.91 Å². The first kappa shape index (κ1) is 16.6. The Labute approximate surface area is 145 Å². The number of amides is 1. The van der Waals surface area contributed by atoms with Crippen molar-refractivity contribution < 1.29 is 9.18 Å². The molecular formula is C20H18FN3O. The number of halogens is 1. The molecule has 0 saturated carbocycles. The number of hydrogen-bond donors (Lipinski definition) is 2. The second-order valence-corrected chi connectivity index (χ2v) is 5.80. The summed E-state index contributed by atoms with van der Waals surface area (Å²) in [5.74, 6) is -0.578. The van der Waals surface area contributed by atoms with Gasteiger partial charge in [-0.25, -0.2) is 4.39 Å². The Balaban J connectivity index is 1.78. The van der Waals surface area contributed by atoms with E-state index in [4.69, 9.17) is 0 Å². The van der Waals surface area contributed by atoms with Crippen LogP contribution in [0, 0.1) is 19.7 Å². The fourth-order valence-electron chi connectivity index (χ4n) is 2.45. The summed E-state index contributed by atoms with van der Waals surface area (Å²) in [4.78, 5) is 16.6. The molecule has 4 nitrogen and oxygen atoms in total. The normalized spacial score (nSPS) is 10.4. The Morgan fingerprint density at radius 2 is 1.80 bits per heavy atom. The van der Waals surface area contributed by atoms with Crippen LogP contribution < -0.4 is 10.6 Å². The van der Waals surface area contributed by atoms with E-state index in [2.05, 4.69) is 15.6 Å². The van der Waals surface area contributed by atoms with Crippen molar-refractivity contribution in [3.8, 4) is 0 Å². The Kier molecular flexibility index (Phi) is 4.75. The van der Waals surface area contributed by atoms with Gasteiger partial charge in [-0.3, -0.25) is 9.78 Å². The highest BCUT2D eigenvalue weighted by Gasteiger charge is 2.10. The first-order chi connectivity index (χ1) is 12.0. The second-order valence-electron chi connectivity index (χ2n) is 5.80. The molecule has 1 heterocycles. The van der Waals surface area contributed by atoms with Crippen LogP contribution >= 0.6 is 0 Å². The maximum atomic E-state index is 13.3. The number of nitrogens with zero attached hydrogens (tertiary/aromatic N) is 1. The van der Waals surface area contributed by atoms with Crippen LogP contribution in [-0.4, -0.2) is 10.9 Å². The van der Waals surface area contributed by atoms with E-state index in [1.165, 1.54) is 18.3 Å². The lowest BCUT2D eigenvalue weighted by Gasteiger charge is -2.11. The molecule has 0 atom stereocenters. The average Bonchev–Trinajstić information content (AvgIpc) is 2.59. The van der Waals surface area contributed by atoms with Crippen LogP contribution in [0.2, 0.25) is 0 Å². The minimum Gasteiger partial charge on any atom is -0.354 e. The summed E-state index contributed by atoms with van der Waals surface area (Å²) in [6, 6.07) is 13.5. The van der Waals surface area contributed by atoms with Crippen molar-refractivity contribution >= 4 is 23.0 Å². The summed E-state index contributed by atoms with van der Waals surface area (Å²) in [5.41, 5.74) is 4.53. The van der Waals surface area contributed by atoms with Gasteiger partial charge in [0.15, 0.2) is 0 Å². The Bertz CT molecular complexity index is 924. The third-order valence-corrected chi connectivity index (χ3v) is 3.97. The smallest absolute Gasteiger partial charge is 0.257 e. The summed E-state index contributed by atoms with van der Waals surface area (Å²) in [5, 5.41) is 5.94. The van der Waals surface area contributed by atoms with Crippen molar-refractivity contribution in [3.63, 3.8) is 0 Å². The minimum absolute atomic E-state index is 0.246. The molecule has 0 unspecified atom stereocenters. The topological polar surface area (TPSA) is 54.0 Å². The quantitative estimate of drug-likeness (QED) is 0.718. The van der Waals surface area contributed by atoms with Crippen molar-refractivity contribution in [1.29, 1.82) is 0 Å². The van der Waals surface area contributed by atoms with E-state index >= 15 is 0 Å². The number of carbonyl (C=O) groups is 1. The molecule has 2 aromatic carbocycles. The van der Waals surface area contributed by atoms with Gasteiger partial charge in [-0.05, 0) is 55.3 Å². The van der Waals surface area contributed by atoms with E-state index in [-0.39, 0.29) is 11.7 Å². The number of nitrogens with one attached hydrogen (secondary N) is 2. The van der Waals surface area contributed by atoms with Gasteiger partial charge in [0.05, 0.1) is 17.4 Å². The van der Waals surface area contributed by atoms with Crippen LogP contribution in [0.3, 0.4) is 0 Å². The second kappa shape index (κ2) is 7.13. The van der Waals surface area contributed by atoms with Gasteiger partial charge in [-0.2, -0.15) is 0 Å². The van der Waals surface area contributed by atoms with Crippen LogP contribution in [0.5, 0.6) is 0 Å². The fraction of sp³-hybridized carbons (Fsp3) is 0.100. The molecule has 0 saturated heterocycles. The van der Waals surface area contributed by atoms with E-state index < -0.39 is 0 Å². The SMILES string of the molecule is Cc1cccc(NC(=O)c2cncc(Nc3cccc(F)c3)c2)c1C. The zero-order valence-electron chi connectivity index (χ0n) is 14.0. The lowest BCUT2D eigenvalue weighted by Crippen LogP contribution is -2.13. The highest BCUT2D eigenvalue weighted by atomic mass is 19.1. The van der Waals surface area contributed by atoms with Crippen LogP contribution in [0.4, 0.5) is 21.5 Å². The van der Waals surface area contributed by atoms with Crippen LogP contribution in [0.15, 0.2) is 60.9 Å². The molecule has 0 aliphatic rings. The Hall–Kier alpha value is -3.21. The summed E-state index contributed by atoms with van der Waals surface area (Å²) >= 11 is 0. The van der Waals surface area contributed by atoms with Crippen LogP contribution in [-0.2, 0) is 0 Å².